The summed E-state index contributed by atoms with van der Waals surface area (Å²) < 4.78 is 5.92. The molecule has 0 aromatic carbocycles. The molecule has 0 amide bonds. The highest BCUT2D eigenvalue weighted by Crippen LogP contribution is 2.25. The predicted octanol–water partition coefficient (Wildman–Crippen LogP) is 2.51. The zero-order valence-corrected chi connectivity index (χ0v) is 13.0. The smallest absolute Gasteiger partial charge is 0.0612 e. The Bertz CT molecular complexity index is 251. The molecular formula is C16H32N2O. The summed E-state index contributed by atoms with van der Waals surface area (Å²) in [5, 5.41) is 3.54. The van der Waals surface area contributed by atoms with Crippen molar-refractivity contribution in [3.63, 3.8) is 0 Å². The van der Waals surface area contributed by atoms with E-state index >= 15 is 0 Å². The van der Waals surface area contributed by atoms with Crippen molar-refractivity contribution >= 4 is 0 Å². The summed E-state index contributed by atoms with van der Waals surface area (Å²) in [6, 6.07) is 0.744. The first kappa shape index (κ1) is 15.3. The van der Waals surface area contributed by atoms with Crippen molar-refractivity contribution in [3.05, 3.63) is 0 Å². The van der Waals surface area contributed by atoms with E-state index in [1.807, 2.05) is 0 Å². The molecule has 1 N–H and O–H groups in total. The Labute approximate surface area is 119 Å². The second-order valence-electron chi connectivity index (χ2n) is 6.63. The van der Waals surface area contributed by atoms with Gasteiger partial charge in [-0.05, 0) is 57.2 Å². The van der Waals surface area contributed by atoms with Crippen molar-refractivity contribution in [2.45, 2.75) is 58.6 Å². The molecule has 3 atom stereocenters. The fourth-order valence-corrected chi connectivity index (χ4v) is 3.55. The number of ether oxygens (including phenoxy) is 1. The minimum absolute atomic E-state index is 0.470. The van der Waals surface area contributed by atoms with E-state index in [1.165, 1.54) is 51.9 Å². The van der Waals surface area contributed by atoms with Gasteiger partial charge in [0.25, 0.3) is 0 Å². The monoisotopic (exact) mass is 268 g/mol. The summed E-state index contributed by atoms with van der Waals surface area (Å²) in [4.78, 5) is 2.72. The standard InChI is InChI=1S/C16H32N2O/c1-4-18(12-14-6-5-8-17-11-14)15-7-9-19-16(10-15)13(2)3/h13-17H,4-12H2,1-3H3. The fraction of sp³-hybridized carbons (Fsp3) is 1.00. The third-order valence-electron chi connectivity index (χ3n) is 4.85. The molecule has 2 aliphatic heterocycles. The largest absolute Gasteiger partial charge is 0.378 e. The average Bonchev–Trinajstić information content (AvgIpc) is 2.46. The zero-order chi connectivity index (χ0) is 13.7. The van der Waals surface area contributed by atoms with E-state index < -0.39 is 0 Å². The first-order valence-corrected chi connectivity index (χ1v) is 8.27. The van der Waals surface area contributed by atoms with E-state index in [0.29, 0.717) is 12.0 Å². The molecular weight excluding hydrogens is 236 g/mol. The molecule has 2 fully saturated rings. The van der Waals surface area contributed by atoms with Crippen molar-refractivity contribution in [2.24, 2.45) is 11.8 Å². The number of nitrogens with zero attached hydrogens (tertiary/aromatic N) is 1. The van der Waals surface area contributed by atoms with E-state index in [1.54, 1.807) is 0 Å². The van der Waals surface area contributed by atoms with Gasteiger partial charge in [0.2, 0.25) is 0 Å². The van der Waals surface area contributed by atoms with Crippen LogP contribution in [-0.2, 0) is 4.74 Å². The summed E-state index contributed by atoms with van der Waals surface area (Å²) >= 11 is 0. The van der Waals surface area contributed by atoms with E-state index in [4.69, 9.17) is 4.74 Å². The average molecular weight is 268 g/mol. The number of hydrogen-bond acceptors (Lipinski definition) is 3. The van der Waals surface area contributed by atoms with Crippen LogP contribution < -0.4 is 5.32 Å². The van der Waals surface area contributed by atoms with E-state index in [9.17, 15) is 0 Å². The van der Waals surface area contributed by atoms with Gasteiger partial charge < -0.3 is 15.0 Å². The summed E-state index contributed by atoms with van der Waals surface area (Å²) in [6.07, 6.45) is 5.67. The maximum absolute atomic E-state index is 5.92. The van der Waals surface area contributed by atoms with Gasteiger partial charge in [0, 0.05) is 19.2 Å². The lowest BCUT2D eigenvalue weighted by molar-refractivity contribution is -0.0502. The summed E-state index contributed by atoms with van der Waals surface area (Å²) in [7, 11) is 0. The normalized spacial score (nSPS) is 33.0. The van der Waals surface area contributed by atoms with Crippen molar-refractivity contribution in [3.8, 4) is 0 Å². The Balaban J connectivity index is 1.85. The lowest BCUT2D eigenvalue weighted by Gasteiger charge is -2.40. The van der Waals surface area contributed by atoms with Gasteiger partial charge in [0.15, 0.2) is 0 Å². The summed E-state index contributed by atoms with van der Waals surface area (Å²) in [5.74, 6) is 1.51. The summed E-state index contributed by atoms with van der Waals surface area (Å²) in [5.41, 5.74) is 0. The predicted molar refractivity (Wildman–Crippen MR) is 80.4 cm³/mol. The SMILES string of the molecule is CCN(CC1CCCNC1)C1CCOC(C(C)C)C1. The van der Waals surface area contributed by atoms with Crippen LogP contribution in [0.4, 0.5) is 0 Å². The first-order valence-electron chi connectivity index (χ1n) is 8.27. The molecule has 3 unspecified atom stereocenters. The Morgan fingerprint density at radius 3 is 2.79 bits per heavy atom. The van der Waals surface area contributed by atoms with E-state index in [2.05, 4.69) is 31.0 Å². The van der Waals surface area contributed by atoms with Crippen molar-refractivity contribution < 1.29 is 4.74 Å². The van der Waals surface area contributed by atoms with Gasteiger partial charge in [-0.2, -0.15) is 0 Å². The molecule has 0 saturated carbocycles. The van der Waals surface area contributed by atoms with Crippen LogP contribution in [0.1, 0.15) is 46.5 Å². The highest BCUT2D eigenvalue weighted by Gasteiger charge is 2.29. The molecule has 2 heterocycles. The minimum Gasteiger partial charge on any atom is -0.378 e. The molecule has 2 aliphatic rings. The van der Waals surface area contributed by atoms with Crippen LogP contribution in [0.25, 0.3) is 0 Å². The molecule has 0 aliphatic carbocycles. The molecule has 3 heteroatoms. The maximum atomic E-state index is 5.92. The van der Waals surface area contributed by atoms with Crippen LogP contribution in [0, 0.1) is 11.8 Å². The van der Waals surface area contributed by atoms with Gasteiger partial charge in [-0.15, -0.1) is 0 Å². The minimum atomic E-state index is 0.470. The van der Waals surface area contributed by atoms with E-state index in [0.717, 1.165) is 18.6 Å². The van der Waals surface area contributed by atoms with Crippen LogP contribution in [0.5, 0.6) is 0 Å². The molecule has 112 valence electrons. The topological polar surface area (TPSA) is 24.5 Å². The van der Waals surface area contributed by atoms with Gasteiger partial charge >= 0.3 is 0 Å². The Kier molecular flexibility index (Phi) is 6.11. The molecule has 3 nitrogen and oxygen atoms in total. The van der Waals surface area contributed by atoms with Crippen LogP contribution >= 0.6 is 0 Å². The molecule has 0 aromatic rings. The quantitative estimate of drug-likeness (QED) is 0.829. The first-order chi connectivity index (χ1) is 9.20. The lowest BCUT2D eigenvalue weighted by atomic mass is 9.92. The lowest BCUT2D eigenvalue weighted by Crippen LogP contribution is -2.47. The third-order valence-corrected chi connectivity index (χ3v) is 4.85. The van der Waals surface area contributed by atoms with Gasteiger partial charge in [0.1, 0.15) is 0 Å². The Hall–Kier alpha value is -0.120. The second kappa shape index (κ2) is 7.61. The van der Waals surface area contributed by atoms with Crippen molar-refractivity contribution in [1.29, 1.82) is 0 Å². The Morgan fingerprint density at radius 1 is 1.32 bits per heavy atom. The zero-order valence-electron chi connectivity index (χ0n) is 13.0. The van der Waals surface area contributed by atoms with Crippen LogP contribution in [0.2, 0.25) is 0 Å². The molecule has 0 bridgehead atoms. The van der Waals surface area contributed by atoms with E-state index in [-0.39, 0.29) is 0 Å². The molecule has 19 heavy (non-hydrogen) atoms. The van der Waals surface area contributed by atoms with Crippen LogP contribution in [0.3, 0.4) is 0 Å². The number of nitrogens with one attached hydrogen (secondary N) is 1. The second-order valence-corrected chi connectivity index (χ2v) is 6.63. The van der Waals surface area contributed by atoms with Gasteiger partial charge in [0.05, 0.1) is 6.10 Å². The molecule has 2 saturated heterocycles. The number of hydrogen-bond donors (Lipinski definition) is 1. The molecule has 0 aromatic heterocycles. The summed E-state index contributed by atoms with van der Waals surface area (Å²) in [6.45, 7) is 12.7. The van der Waals surface area contributed by atoms with Gasteiger partial charge in [-0.25, -0.2) is 0 Å². The van der Waals surface area contributed by atoms with Crippen molar-refractivity contribution in [1.82, 2.24) is 10.2 Å². The fourth-order valence-electron chi connectivity index (χ4n) is 3.55. The molecule has 0 spiro atoms. The van der Waals surface area contributed by atoms with Crippen molar-refractivity contribution in [2.75, 3.05) is 32.8 Å². The Morgan fingerprint density at radius 2 is 2.16 bits per heavy atom. The van der Waals surface area contributed by atoms with Gasteiger partial charge in [-0.3, -0.25) is 0 Å². The molecule has 2 rings (SSSR count). The van der Waals surface area contributed by atoms with Crippen LogP contribution in [-0.4, -0.2) is 49.8 Å². The highest BCUT2D eigenvalue weighted by molar-refractivity contribution is 4.83. The third kappa shape index (κ3) is 4.44. The number of piperidine rings is 1. The van der Waals surface area contributed by atoms with Gasteiger partial charge in [-0.1, -0.05) is 20.8 Å². The maximum Gasteiger partial charge on any atom is 0.0612 e. The highest BCUT2D eigenvalue weighted by atomic mass is 16.5. The van der Waals surface area contributed by atoms with Crippen LogP contribution in [0.15, 0.2) is 0 Å². The molecule has 0 radical (unpaired) electrons. The number of rotatable bonds is 5.